The lowest BCUT2D eigenvalue weighted by atomic mass is 9.80. The van der Waals surface area contributed by atoms with Crippen LogP contribution in [-0.2, 0) is 21.6 Å². The third-order valence-electron chi connectivity index (χ3n) is 11.3. The maximum absolute atomic E-state index is 13.3. The number of nitrogens with one attached hydrogen (secondary N) is 2. The first kappa shape index (κ1) is 36.3. The summed E-state index contributed by atoms with van der Waals surface area (Å²) < 4.78 is 26.0. The average Bonchev–Trinajstić information content (AvgIpc) is 3.56. The summed E-state index contributed by atoms with van der Waals surface area (Å²) in [7, 11) is 3.24. The minimum Gasteiger partial charge on any atom is -0.497 e. The van der Waals surface area contributed by atoms with Crippen molar-refractivity contribution >= 4 is 32.3 Å². The number of rotatable bonds is 12. The predicted molar refractivity (Wildman–Crippen MR) is 220 cm³/mol. The normalized spacial score (nSPS) is 18.4. The van der Waals surface area contributed by atoms with E-state index in [-0.39, 0.29) is 6.61 Å². The van der Waals surface area contributed by atoms with E-state index in [1.165, 1.54) is 38.4 Å². The second-order valence-electron chi connectivity index (χ2n) is 14.4. The second-order valence-corrected chi connectivity index (χ2v) is 14.4. The highest BCUT2D eigenvalue weighted by Crippen LogP contribution is 2.43. The molecule has 1 aliphatic rings. The van der Waals surface area contributed by atoms with Gasteiger partial charge in [-0.1, -0.05) is 109 Å². The third kappa shape index (κ3) is 6.42. The number of methoxy groups -OCH3 is 2. The van der Waals surface area contributed by atoms with Crippen molar-refractivity contribution in [2.24, 2.45) is 0 Å². The first-order valence-corrected chi connectivity index (χ1v) is 18.9. The largest absolute Gasteiger partial charge is 0.497 e. The Kier molecular flexibility index (Phi) is 9.55. The molecule has 10 nitrogen and oxygen atoms in total. The fourth-order valence-corrected chi connectivity index (χ4v) is 8.43. The van der Waals surface area contributed by atoms with Gasteiger partial charge in [0, 0.05) is 18.8 Å². The van der Waals surface area contributed by atoms with E-state index in [4.69, 9.17) is 18.9 Å². The molecule has 8 aromatic rings. The molecule has 57 heavy (non-hydrogen) atoms. The maximum Gasteiger partial charge on any atom is 0.330 e. The Morgan fingerprint density at radius 2 is 1.30 bits per heavy atom. The van der Waals surface area contributed by atoms with Crippen LogP contribution in [-0.4, -0.2) is 53.7 Å². The number of hydrogen-bond donors (Lipinski definition) is 3. The van der Waals surface area contributed by atoms with E-state index < -0.39 is 41.3 Å². The van der Waals surface area contributed by atoms with Crippen LogP contribution >= 0.6 is 0 Å². The summed E-state index contributed by atoms with van der Waals surface area (Å²) in [4.78, 5) is 27.7. The fourth-order valence-electron chi connectivity index (χ4n) is 8.43. The van der Waals surface area contributed by atoms with Crippen LogP contribution in [0, 0.1) is 0 Å². The minimum absolute atomic E-state index is 0.0698. The fraction of sp³-hybridized carbons (Fsp3) is 0.191. The summed E-state index contributed by atoms with van der Waals surface area (Å²) in [5, 5.41) is 22.7. The van der Waals surface area contributed by atoms with Gasteiger partial charge in [0.25, 0.3) is 5.56 Å². The van der Waals surface area contributed by atoms with Crippen LogP contribution in [0.5, 0.6) is 11.5 Å². The number of nitrogens with zero attached hydrogens (tertiary/aromatic N) is 1. The van der Waals surface area contributed by atoms with E-state index in [1.54, 1.807) is 14.2 Å². The molecule has 4 atom stereocenters. The minimum atomic E-state index is -1.17. The highest BCUT2D eigenvalue weighted by atomic mass is 16.6. The van der Waals surface area contributed by atoms with Gasteiger partial charge in [-0.3, -0.25) is 14.3 Å². The molecule has 0 spiro atoms. The number of H-pyrrole nitrogens is 1. The van der Waals surface area contributed by atoms with Crippen molar-refractivity contribution in [3.63, 3.8) is 0 Å². The molecule has 1 fully saturated rings. The number of hydrogen-bond acceptors (Lipinski definition) is 8. The summed E-state index contributed by atoms with van der Waals surface area (Å²) in [5.74, 6) is 1.38. The highest BCUT2D eigenvalue weighted by Gasteiger charge is 2.47. The second kappa shape index (κ2) is 15.0. The lowest BCUT2D eigenvalue weighted by Gasteiger charge is -2.37. The zero-order valence-electron chi connectivity index (χ0n) is 31.4. The molecule has 0 amide bonds. The monoisotopic (exact) mass is 759 g/mol. The SMILES string of the molecule is COc1ccc(C(OC[C@H]2O[C@@H](n3ccc(=O)[nH]c3=O)[C@H](NCc3ccc4ccc5cccc6ccc3c4c56)[C@@H]2O)(c2ccccc2)c2ccc(OC)cc2)cc1. The smallest absolute Gasteiger partial charge is 0.330 e. The van der Waals surface area contributed by atoms with Gasteiger partial charge in [-0.15, -0.1) is 0 Å². The Bertz CT molecular complexity index is 2720. The van der Waals surface area contributed by atoms with Crippen LogP contribution in [0.25, 0.3) is 32.3 Å². The molecule has 3 N–H and O–H groups in total. The predicted octanol–water partition coefficient (Wildman–Crippen LogP) is 6.88. The van der Waals surface area contributed by atoms with E-state index in [2.05, 4.69) is 64.9 Å². The molecule has 0 radical (unpaired) electrons. The summed E-state index contributed by atoms with van der Waals surface area (Å²) in [5.41, 5.74) is 1.19. The van der Waals surface area contributed by atoms with E-state index in [0.717, 1.165) is 33.0 Å². The number of ether oxygens (including phenoxy) is 4. The van der Waals surface area contributed by atoms with Crippen molar-refractivity contribution in [2.75, 3.05) is 20.8 Å². The number of aliphatic hydroxyl groups is 1. The zero-order valence-corrected chi connectivity index (χ0v) is 31.4. The Balaban J connectivity index is 1.09. The third-order valence-corrected chi connectivity index (χ3v) is 11.3. The number of aromatic nitrogens is 2. The van der Waals surface area contributed by atoms with Crippen molar-refractivity contribution in [1.82, 2.24) is 14.9 Å². The molecule has 10 heteroatoms. The van der Waals surface area contributed by atoms with E-state index >= 15 is 0 Å². The van der Waals surface area contributed by atoms with Crippen molar-refractivity contribution in [1.29, 1.82) is 0 Å². The van der Waals surface area contributed by atoms with Crippen LogP contribution in [0.4, 0.5) is 0 Å². The number of aromatic amines is 1. The maximum atomic E-state index is 13.3. The Morgan fingerprint density at radius 3 is 1.93 bits per heavy atom. The molecule has 0 bridgehead atoms. The summed E-state index contributed by atoms with van der Waals surface area (Å²) in [6.07, 6.45) is -1.61. The van der Waals surface area contributed by atoms with Crippen LogP contribution in [0.3, 0.4) is 0 Å². The van der Waals surface area contributed by atoms with Crippen LogP contribution in [0.2, 0.25) is 0 Å². The van der Waals surface area contributed by atoms with Crippen molar-refractivity contribution in [3.05, 3.63) is 189 Å². The van der Waals surface area contributed by atoms with Crippen molar-refractivity contribution in [2.45, 2.75) is 36.6 Å². The van der Waals surface area contributed by atoms with Gasteiger partial charge in [-0.2, -0.15) is 0 Å². The van der Waals surface area contributed by atoms with Gasteiger partial charge >= 0.3 is 5.69 Å². The van der Waals surface area contributed by atoms with Gasteiger partial charge in [-0.05, 0) is 78.8 Å². The van der Waals surface area contributed by atoms with Crippen LogP contribution in [0.15, 0.2) is 155 Å². The van der Waals surface area contributed by atoms with Gasteiger partial charge in [0.2, 0.25) is 0 Å². The molecule has 0 aliphatic carbocycles. The quantitative estimate of drug-likeness (QED) is 0.0911. The van der Waals surface area contributed by atoms with Crippen molar-refractivity contribution in [3.8, 4) is 11.5 Å². The molecule has 2 heterocycles. The summed E-state index contributed by atoms with van der Waals surface area (Å²) in [6, 6.07) is 44.9. The molecule has 0 unspecified atom stereocenters. The van der Waals surface area contributed by atoms with Gasteiger partial charge < -0.3 is 29.4 Å². The zero-order chi connectivity index (χ0) is 39.1. The van der Waals surface area contributed by atoms with Crippen LogP contribution < -0.4 is 26.0 Å². The van der Waals surface area contributed by atoms with E-state index in [9.17, 15) is 14.7 Å². The lowest BCUT2D eigenvalue weighted by molar-refractivity contribution is -0.0946. The molecular weight excluding hydrogens is 719 g/mol. The molecule has 0 saturated carbocycles. The van der Waals surface area contributed by atoms with Gasteiger partial charge in [0.1, 0.15) is 29.3 Å². The highest BCUT2D eigenvalue weighted by molar-refractivity contribution is 6.23. The molecule has 9 rings (SSSR count). The molecule has 286 valence electrons. The molecule has 1 saturated heterocycles. The molecule has 1 aromatic heterocycles. The first-order chi connectivity index (χ1) is 27.9. The Labute approximate surface area is 328 Å². The molecular formula is C47H41N3O7. The van der Waals surface area contributed by atoms with E-state index in [0.29, 0.717) is 18.0 Å². The first-order valence-electron chi connectivity index (χ1n) is 18.9. The standard InChI is InChI=1S/C47H41N3O7/c1-54-36-20-16-34(17-21-36)47(33-9-4-3-5-10-33,35-18-22-37(55-2)23-19-35)56-28-39-44(52)43(45(57-39)50-26-25-40(51)49-46(50)53)48-27-32-14-13-31-12-11-29-7-6-8-30-15-24-38(32)42(31)41(29)30/h3-26,39,43-45,48,52H,27-28H2,1-2H3,(H,49,51,53)/t39-,43-,44-,45-/m1/s1. The summed E-state index contributed by atoms with van der Waals surface area (Å²) >= 11 is 0. The van der Waals surface area contributed by atoms with Gasteiger partial charge in [0.15, 0.2) is 6.23 Å². The Hall–Kier alpha value is -6.30. The topological polar surface area (TPSA) is 124 Å². The average molecular weight is 760 g/mol. The molecule has 7 aromatic carbocycles. The Morgan fingerprint density at radius 1 is 0.702 bits per heavy atom. The van der Waals surface area contributed by atoms with Crippen LogP contribution in [0.1, 0.15) is 28.5 Å². The van der Waals surface area contributed by atoms with E-state index in [1.807, 2.05) is 78.9 Å². The van der Waals surface area contributed by atoms with Gasteiger partial charge in [-0.25, -0.2) is 4.79 Å². The summed E-state index contributed by atoms with van der Waals surface area (Å²) in [6.45, 7) is 0.298. The number of aliphatic hydroxyl groups excluding tert-OH is 1. The van der Waals surface area contributed by atoms with Crippen molar-refractivity contribution < 1.29 is 24.1 Å². The molecule has 1 aliphatic heterocycles. The van der Waals surface area contributed by atoms with Gasteiger partial charge in [0.05, 0.1) is 26.9 Å². The number of benzene rings is 7. The lowest BCUT2D eigenvalue weighted by Crippen LogP contribution is -2.46.